The Morgan fingerprint density at radius 2 is 2.03 bits per heavy atom. The Hall–Kier alpha value is -3.21. The molecule has 1 aromatic carbocycles. The standard InChI is InChI=1S/C21H26FN9O/c1-12-24-29-31(27-12)13-5-6-14(17(32)9-13)15-11-23-19(26-25-15)30(4)16-10-20(2)7-8-21(3,28-20)18(16)22/h5-6,9,11,16,18,28,32H,7-8,10H2,1-4H3/t16-,18+,20-,21+/m1/s1. The number of nitrogens with one attached hydrogen (secondary N) is 1. The Morgan fingerprint density at radius 3 is 2.69 bits per heavy atom. The fourth-order valence-electron chi connectivity index (χ4n) is 4.99. The number of halogens is 1. The van der Waals surface area contributed by atoms with Gasteiger partial charge in [0.2, 0.25) is 5.95 Å². The average Bonchev–Trinajstić information content (AvgIpc) is 3.32. The molecular weight excluding hydrogens is 413 g/mol. The summed E-state index contributed by atoms with van der Waals surface area (Å²) in [7, 11) is 1.81. The molecule has 2 N–H and O–H groups in total. The van der Waals surface area contributed by atoms with Crippen LogP contribution in [0.1, 0.15) is 38.9 Å². The van der Waals surface area contributed by atoms with Gasteiger partial charge in [-0.15, -0.1) is 25.2 Å². The van der Waals surface area contributed by atoms with Gasteiger partial charge in [-0.1, -0.05) is 0 Å². The molecule has 11 heteroatoms. The van der Waals surface area contributed by atoms with Gasteiger partial charge in [-0.2, -0.15) is 0 Å². The highest BCUT2D eigenvalue weighted by Crippen LogP contribution is 2.45. The number of tetrazole rings is 1. The minimum absolute atomic E-state index is 0.00532. The lowest BCUT2D eigenvalue weighted by molar-refractivity contribution is 0.0856. The Labute approximate surface area is 184 Å². The number of hydrogen-bond acceptors (Lipinski definition) is 9. The van der Waals surface area contributed by atoms with Crippen molar-refractivity contribution in [2.45, 2.75) is 63.3 Å². The number of aromatic nitrogens is 7. The lowest BCUT2D eigenvalue weighted by Crippen LogP contribution is -2.65. The number of piperidine rings is 1. The molecule has 0 spiro atoms. The number of aryl methyl sites for hydroxylation is 1. The summed E-state index contributed by atoms with van der Waals surface area (Å²) in [5, 5.41) is 34.3. The van der Waals surface area contributed by atoms with Crippen LogP contribution < -0.4 is 10.2 Å². The van der Waals surface area contributed by atoms with Crippen LogP contribution >= 0.6 is 0 Å². The van der Waals surface area contributed by atoms with E-state index in [1.165, 1.54) is 17.1 Å². The summed E-state index contributed by atoms with van der Waals surface area (Å²) in [6, 6.07) is 4.63. The van der Waals surface area contributed by atoms with Crippen LogP contribution in [0.4, 0.5) is 10.3 Å². The number of benzene rings is 1. The smallest absolute Gasteiger partial charge is 0.245 e. The number of anilines is 1. The van der Waals surface area contributed by atoms with E-state index in [0.29, 0.717) is 35.1 Å². The van der Waals surface area contributed by atoms with E-state index in [1.807, 2.05) is 14.0 Å². The molecule has 0 saturated carbocycles. The predicted molar refractivity (Wildman–Crippen MR) is 115 cm³/mol. The van der Waals surface area contributed by atoms with Crippen molar-refractivity contribution in [1.29, 1.82) is 0 Å². The maximum atomic E-state index is 15.4. The van der Waals surface area contributed by atoms with Crippen molar-refractivity contribution in [3.05, 3.63) is 30.2 Å². The quantitative estimate of drug-likeness (QED) is 0.629. The molecule has 2 fully saturated rings. The predicted octanol–water partition coefficient (Wildman–Crippen LogP) is 1.98. The lowest BCUT2D eigenvalue weighted by Gasteiger charge is -2.47. The minimum atomic E-state index is -1.04. The summed E-state index contributed by atoms with van der Waals surface area (Å²) in [5.41, 5.74) is 0.831. The highest BCUT2D eigenvalue weighted by molar-refractivity contribution is 5.67. The first-order chi connectivity index (χ1) is 15.2. The van der Waals surface area contributed by atoms with Gasteiger partial charge in [0.1, 0.15) is 17.6 Å². The van der Waals surface area contributed by atoms with Crippen molar-refractivity contribution in [3.8, 4) is 22.7 Å². The molecule has 2 aliphatic rings. The highest BCUT2D eigenvalue weighted by atomic mass is 19.1. The molecule has 3 aromatic rings. The number of hydrogen-bond donors (Lipinski definition) is 2. The molecular formula is C21H26FN9O. The first-order valence-corrected chi connectivity index (χ1v) is 10.6. The summed E-state index contributed by atoms with van der Waals surface area (Å²) in [5.74, 6) is 0.881. The summed E-state index contributed by atoms with van der Waals surface area (Å²) in [6.45, 7) is 5.83. The van der Waals surface area contributed by atoms with E-state index < -0.39 is 11.7 Å². The number of nitrogens with zero attached hydrogens (tertiary/aromatic N) is 8. The molecule has 2 aromatic heterocycles. The maximum Gasteiger partial charge on any atom is 0.245 e. The minimum Gasteiger partial charge on any atom is -0.507 e. The number of alkyl halides is 1. The molecule has 0 aliphatic carbocycles. The molecule has 10 nitrogen and oxygen atoms in total. The summed E-state index contributed by atoms with van der Waals surface area (Å²) < 4.78 is 15.4. The van der Waals surface area contributed by atoms with Crippen LogP contribution in [0.5, 0.6) is 5.75 Å². The number of aromatic hydroxyl groups is 1. The number of fused-ring (bicyclic) bond motifs is 2. The Bertz CT molecular complexity index is 1150. The molecule has 2 aliphatic heterocycles. The largest absolute Gasteiger partial charge is 0.507 e. The third kappa shape index (κ3) is 3.36. The van der Waals surface area contributed by atoms with Crippen LogP contribution in [-0.2, 0) is 0 Å². The van der Waals surface area contributed by atoms with Crippen molar-refractivity contribution in [2.24, 2.45) is 0 Å². The van der Waals surface area contributed by atoms with Crippen molar-refractivity contribution < 1.29 is 9.50 Å². The molecule has 2 saturated heterocycles. The number of phenols is 1. The van der Waals surface area contributed by atoms with E-state index in [9.17, 15) is 5.11 Å². The van der Waals surface area contributed by atoms with Gasteiger partial charge in [0.25, 0.3) is 0 Å². The van der Waals surface area contributed by atoms with E-state index in [-0.39, 0.29) is 17.3 Å². The molecule has 4 atom stereocenters. The molecule has 5 rings (SSSR count). The maximum absolute atomic E-state index is 15.4. The van der Waals surface area contributed by atoms with Crippen LogP contribution in [0.2, 0.25) is 0 Å². The SMILES string of the molecule is Cc1nnn(-c2ccc(-c3cnc(N(C)[C@@H]4C[C@@]5(C)CC[C@](C)(N5)[C@H]4F)nn3)c(O)c2)n1. The molecule has 168 valence electrons. The normalized spacial score (nSPS) is 29.3. The van der Waals surface area contributed by atoms with Gasteiger partial charge in [-0.05, 0) is 57.4 Å². The summed E-state index contributed by atoms with van der Waals surface area (Å²) in [4.78, 5) is 7.54. The van der Waals surface area contributed by atoms with Crippen molar-refractivity contribution in [3.63, 3.8) is 0 Å². The van der Waals surface area contributed by atoms with Gasteiger partial charge >= 0.3 is 0 Å². The summed E-state index contributed by atoms with van der Waals surface area (Å²) in [6.07, 6.45) is 2.93. The second-order valence-electron chi connectivity index (χ2n) is 9.36. The summed E-state index contributed by atoms with van der Waals surface area (Å²) >= 11 is 0. The van der Waals surface area contributed by atoms with E-state index >= 15 is 4.39 Å². The monoisotopic (exact) mass is 439 g/mol. The number of rotatable bonds is 4. The van der Waals surface area contributed by atoms with Crippen LogP contribution in [0, 0.1) is 6.92 Å². The van der Waals surface area contributed by atoms with Crippen molar-refractivity contribution in [1.82, 2.24) is 40.7 Å². The first-order valence-electron chi connectivity index (χ1n) is 10.6. The van der Waals surface area contributed by atoms with Gasteiger partial charge < -0.3 is 15.3 Å². The fraction of sp³-hybridized carbons (Fsp3) is 0.524. The number of phenolic OH excluding ortho intramolecular Hbond substituents is 1. The van der Waals surface area contributed by atoms with Crippen molar-refractivity contribution >= 4 is 5.95 Å². The first kappa shape index (κ1) is 20.7. The highest BCUT2D eigenvalue weighted by Gasteiger charge is 2.56. The second kappa shape index (κ2) is 7.16. The third-order valence-electron chi connectivity index (χ3n) is 6.75. The Balaban J connectivity index is 1.37. The molecule has 0 amide bonds. The van der Waals surface area contributed by atoms with Crippen LogP contribution in [0.15, 0.2) is 24.4 Å². The van der Waals surface area contributed by atoms with Crippen LogP contribution in [-0.4, -0.2) is 70.8 Å². The van der Waals surface area contributed by atoms with Gasteiger partial charge in [0.05, 0.1) is 17.9 Å². The molecule has 32 heavy (non-hydrogen) atoms. The molecule has 0 radical (unpaired) electrons. The van der Waals surface area contributed by atoms with Crippen LogP contribution in [0.3, 0.4) is 0 Å². The van der Waals surface area contributed by atoms with E-state index in [1.54, 1.807) is 24.0 Å². The third-order valence-corrected chi connectivity index (χ3v) is 6.75. The van der Waals surface area contributed by atoms with E-state index in [2.05, 4.69) is 42.8 Å². The van der Waals surface area contributed by atoms with Crippen molar-refractivity contribution in [2.75, 3.05) is 11.9 Å². The van der Waals surface area contributed by atoms with Gasteiger partial charge in [0.15, 0.2) is 5.82 Å². The second-order valence-corrected chi connectivity index (χ2v) is 9.36. The zero-order valence-electron chi connectivity index (χ0n) is 18.5. The molecule has 0 unspecified atom stereocenters. The molecule has 4 heterocycles. The Morgan fingerprint density at radius 1 is 1.22 bits per heavy atom. The lowest BCUT2D eigenvalue weighted by atomic mass is 9.82. The van der Waals surface area contributed by atoms with E-state index in [0.717, 1.165) is 12.8 Å². The topological polar surface area (TPSA) is 118 Å². The molecule has 2 bridgehead atoms. The van der Waals surface area contributed by atoms with E-state index in [4.69, 9.17) is 0 Å². The average molecular weight is 439 g/mol. The van der Waals surface area contributed by atoms with Gasteiger partial charge in [-0.25, -0.2) is 9.37 Å². The zero-order chi connectivity index (χ0) is 22.7. The van der Waals surface area contributed by atoms with Crippen LogP contribution in [0.25, 0.3) is 16.9 Å². The van der Waals surface area contributed by atoms with Gasteiger partial charge in [0, 0.05) is 29.8 Å². The fourth-order valence-corrected chi connectivity index (χ4v) is 4.99. The zero-order valence-corrected chi connectivity index (χ0v) is 18.5. The van der Waals surface area contributed by atoms with Gasteiger partial charge in [-0.3, -0.25) is 0 Å². The Kier molecular flexibility index (Phi) is 4.63.